The highest BCUT2D eigenvalue weighted by Crippen LogP contribution is 2.33. The SMILES string of the molecule is CCCCCCCCCCCCCCCCC(O)C(COC1OC(CO)C(OC2OC(CO)C(OC3OC(CO)C(O)C(O)C3O)C(O)C2O)C(O)C1O)NC(=O)CCCCCCCCC. The van der Waals surface area contributed by atoms with Crippen LogP contribution in [0.1, 0.15) is 162 Å². The van der Waals surface area contributed by atoms with Crippen LogP contribution in [-0.2, 0) is 33.2 Å². The fourth-order valence-electron chi connectivity index (χ4n) is 8.90. The predicted molar refractivity (Wildman–Crippen MR) is 240 cm³/mol. The lowest BCUT2D eigenvalue weighted by atomic mass is 9.96. The Bertz CT molecular complexity index is 1240. The molecule has 0 radical (unpaired) electrons. The van der Waals surface area contributed by atoms with E-state index in [1.165, 1.54) is 70.6 Å². The van der Waals surface area contributed by atoms with Gasteiger partial charge >= 0.3 is 0 Å². The normalized spacial score (nSPS) is 33.7. The highest BCUT2D eigenvalue weighted by molar-refractivity contribution is 5.76. The summed E-state index contributed by atoms with van der Waals surface area (Å²) in [4.78, 5) is 13.1. The van der Waals surface area contributed by atoms with Gasteiger partial charge in [-0.3, -0.25) is 4.79 Å². The second-order valence-electron chi connectivity index (χ2n) is 18.6. The van der Waals surface area contributed by atoms with Crippen LogP contribution >= 0.6 is 0 Å². The Labute approximate surface area is 392 Å². The zero-order chi connectivity index (χ0) is 48.4. The van der Waals surface area contributed by atoms with Crippen LogP contribution in [0.5, 0.6) is 0 Å². The van der Waals surface area contributed by atoms with Crippen LogP contribution < -0.4 is 5.32 Å². The van der Waals surface area contributed by atoms with E-state index in [9.17, 15) is 61.0 Å². The van der Waals surface area contributed by atoms with Crippen molar-refractivity contribution < 1.29 is 89.4 Å². The Kier molecular flexibility index (Phi) is 29.9. The second kappa shape index (κ2) is 33.4. The van der Waals surface area contributed by atoms with E-state index in [1.807, 2.05) is 0 Å². The van der Waals surface area contributed by atoms with Crippen molar-refractivity contribution in [3.8, 4) is 0 Å². The maximum Gasteiger partial charge on any atom is 0.220 e. The predicted octanol–water partition coefficient (Wildman–Crippen LogP) is 1.31. The monoisotopic (exact) mass is 956 g/mol. The minimum atomic E-state index is -1.97. The molecule has 3 fully saturated rings. The Morgan fingerprint density at radius 3 is 1.32 bits per heavy atom. The molecule has 66 heavy (non-hydrogen) atoms. The third kappa shape index (κ3) is 19.5. The van der Waals surface area contributed by atoms with Crippen molar-refractivity contribution in [2.75, 3.05) is 26.4 Å². The van der Waals surface area contributed by atoms with Gasteiger partial charge in [-0.2, -0.15) is 0 Å². The van der Waals surface area contributed by atoms with Gasteiger partial charge in [0.1, 0.15) is 73.2 Å². The van der Waals surface area contributed by atoms with Crippen molar-refractivity contribution >= 4 is 5.91 Å². The Morgan fingerprint density at radius 1 is 0.485 bits per heavy atom. The van der Waals surface area contributed by atoms with Gasteiger partial charge < -0.3 is 89.9 Å². The molecule has 390 valence electrons. The van der Waals surface area contributed by atoms with Gasteiger partial charge in [-0.15, -0.1) is 0 Å². The van der Waals surface area contributed by atoms with Crippen molar-refractivity contribution in [2.45, 2.75) is 266 Å². The van der Waals surface area contributed by atoms with Crippen molar-refractivity contribution in [3.05, 3.63) is 0 Å². The molecule has 0 aromatic heterocycles. The molecule has 0 aromatic rings. The van der Waals surface area contributed by atoms with Crippen LogP contribution in [0.2, 0.25) is 0 Å². The zero-order valence-corrected chi connectivity index (χ0v) is 39.7. The highest BCUT2D eigenvalue weighted by Gasteiger charge is 2.53. The van der Waals surface area contributed by atoms with Gasteiger partial charge in [-0.1, -0.05) is 142 Å². The Morgan fingerprint density at radius 2 is 0.864 bits per heavy atom. The lowest BCUT2D eigenvalue weighted by Crippen LogP contribution is -2.66. The molecule has 3 aliphatic heterocycles. The molecule has 0 bridgehead atoms. The Hall–Kier alpha value is -1.21. The maximum atomic E-state index is 13.1. The number of carbonyl (C=O) groups is 1. The molecule has 0 aliphatic carbocycles. The van der Waals surface area contributed by atoms with Crippen LogP contribution in [0, 0.1) is 0 Å². The van der Waals surface area contributed by atoms with Gasteiger partial charge in [-0.05, 0) is 12.8 Å². The van der Waals surface area contributed by atoms with Crippen molar-refractivity contribution in [1.82, 2.24) is 5.32 Å². The molecule has 3 aliphatic rings. The molecule has 19 nitrogen and oxygen atoms in total. The van der Waals surface area contributed by atoms with E-state index in [-0.39, 0.29) is 18.9 Å². The summed E-state index contributed by atoms with van der Waals surface area (Å²) in [7, 11) is 0. The summed E-state index contributed by atoms with van der Waals surface area (Å²) in [6.45, 7) is 1.70. The molecule has 17 atom stereocenters. The molecule has 19 heteroatoms. The molecule has 12 N–H and O–H groups in total. The molecule has 3 saturated heterocycles. The summed E-state index contributed by atoms with van der Waals surface area (Å²) < 4.78 is 34.1. The van der Waals surface area contributed by atoms with Crippen LogP contribution in [0.4, 0.5) is 0 Å². The van der Waals surface area contributed by atoms with Crippen molar-refractivity contribution in [3.63, 3.8) is 0 Å². The fraction of sp³-hybridized carbons (Fsp3) is 0.979. The standard InChI is InChI=1S/C47H89NO18/c1-3-5-7-9-11-12-13-14-15-16-17-19-20-22-24-31(52)30(48-35(53)25-23-21-18-10-8-6-4-2)29-61-45-41(59)38(56)43(33(27-50)63-45)66-47-42(60)39(57)44(34(28-51)64-47)65-46-40(58)37(55)36(54)32(26-49)62-46/h30-34,36-47,49-52,54-60H,3-29H2,1-2H3,(H,48,53). The third-order valence-electron chi connectivity index (χ3n) is 13.2. The number of ether oxygens (including phenoxy) is 6. The van der Waals surface area contributed by atoms with E-state index in [0.717, 1.165) is 57.8 Å². The first kappa shape index (κ1) is 59.1. The molecule has 3 rings (SSSR count). The number of unbranched alkanes of at least 4 members (excludes halogenated alkanes) is 19. The molecule has 3 heterocycles. The van der Waals surface area contributed by atoms with Crippen LogP contribution in [0.3, 0.4) is 0 Å². The topological polar surface area (TPSA) is 307 Å². The van der Waals surface area contributed by atoms with E-state index in [0.29, 0.717) is 12.8 Å². The zero-order valence-electron chi connectivity index (χ0n) is 39.7. The van der Waals surface area contributed by atoms with Crippen molar-refractivity contribution in [2.24, 2.45) is 0 Å². The maximum absolute atomic E-state index is 13.1. The largest absolute Gasteiger partial charge is 0.394 e. The molecule has 0 aromatic carbocycles. The Balaban J connectivity index is 1.55. The number of aliphatic hydroxyl groups is 11. The first-order chi connectivity index (χ1) is 31.8. The van der Waals surface area contributed by atoms with Gasteiger partial charge in [-0.25, -0.2) is 0 Å². The van der Waals surface area contributed by atoms with Gasteiger partial charge in [0, 0.05) is 6.42 Å². The van der Waals surface area contributed by atoms with E-state index in [4.69, 9.17) is 28.4 Å². The lowest BCUT2D eigenvalue weighted by molar-refractivity contribution is -0.379. The van der Waals surface area contributed by atoms with Gasteiger partial charge in [0.05, 0.1) is 38.6 Å². The molecular weight excluding hydrogens is 867 g/mol. The summed E-state index contributed by atoms with van der Waals surface area (Å²) in [6.07, 6.45) is -1.85. The highest BCUT2D eigenvalue weighted by atomic mass is 16.8. The quantitative estimate of drug-likeness (QED) is 0.0399. The van der Waals surface area contributed by atoms with Crippen LogP contribution in [0.25, 0.3) is 0 Å². The van der Waals surface area contributed by atoms with E-state index in [2.05, 4.69) is 19.2 Å². The van der Waals surface area contributed by atoms with Gasteiger partial charge in [0.25, 0.3) is 0 Å². The van der Waals surface area contributed by atoms with Gasteiger partial charge in [0.2, 0.25) is 5.91 Å². The van der Waals surface area contributed by atoms with E-state index >= 15 is 0 Å². The minimum Gasteiger partial charge on any atom is -0.394 e. The number of hydrogen-bond donors (Lipinski definition) is 12. The van der Waals surface area contributed by atoms with Gasteiger partial charge in [0.15, 0.2) is 18.9 Å². The lowest BCUT2D eigenvalue weighted by Gasteiger charge is -2.48. The molecular formula is C47H89NO18. The molecule has 17 unspecified atom stereocenters. The van der Waals surface area contributed by atoms with Crippen LogP contribution in [-0.4, -0.2) is 193 Å². The van der Waals surface area contributed by atoms with E-state index in [1.54, 1.807) is 0 Å². The molecule has 0 saturated carbocycles. The van der Waals surface area contributed by atoms with Crippen LogP contribution in [0.15, 0.2) is 0 Å². The number of rotatable bonds is 35. The minimum absolute atomic E-state index is 0.251. The number of amides is 1. The average Bonchev–Trinajstić information content (AvgIpc) is 3.31. The number of carbonyl (C=O) groups excluding carboxylic acids is 1. The first-order valence-corrected chi connectivity index (χ1v) is 25.3. The molecule has 1 amide bonds. The second-order valence-corrected chi connectivity index (χ2v) is 18.6. The smallest absolute Gasteiger partial charge is 0.220 e. The van der Waals surface area contributed by atoms with E-state index < -0.39 is 124 Å². The summed E-state index contributed by atoms with van der Waals surface area (Å²) >= 11 is 0. The number of aliphatic hydroxyl groups excluding tert-OH is 11. The van der Waals surface area contributed by atoms with Crippen molar-refractivity contribution in [1.29, 1.82) is 0 Å². The number of nitrogens with one attached hydrogen (secondary N) is 1. The summed E-state index contributed by atoms with van der Waals surface area (Å²) in [5, 5.41) is 119. The first-order valence-electron chi connectivity index (χ1n) is 25.3. The third-order valence-corrected chi connectivity index (χ3v) is 13.2. The average molecular weight is 956 g/mol. The number of hydrogen-bond acceptors (Lipinski definition) is 18. The molecule has 0 spiro atoms. The fourth-order valence-corrected chi connectivity index (χ4v) is 8.90. The summed E-state index contributed by atoms with van der Waals surface area (Å²) in [6, 6.07) is -0.876. The summed E-state index contributed by atoms with van der Waals surface area (Å²) in [5.74, 6) is -0.251. The summed E-state index contributed by atoms with van der Waals surface area (Å²) in [5.41, 5.74) is 0.